The Labute approximate surface area is 166 Å². The van der Waals surface area contributed by atoms with E-state index in [9.17, 15) is 14.4 Å². The Kier molecular flexibility index (Phi) is 5.73. The van der Waals surface area contributed by atoms with Crippen LogP contribution in [0.25, 0.3) is 16.9 Å². The fourth-order valence-corrected chi connectivity index (χ4v) is 2.92. The van der Waals surface area contributed by atoms with Crippen LogP contribution in [0.3, 0.4) is 0 Å². The zero-order chi connectivity index (χ0) is 21.0. The summed E-state index contributed by atoms with van der Waals surface area (Å²) in [7, 11) is 3.65. The van der Waals surface area contributed by atoms with Crippen LogP contribution >= 0.6 is 0 Å². The largest absolute Gasteiger partial charge is 0.465 e. The topological polar surface area (TPSA) is 96.7 Å². The van der Waals surface area contributed by atoms with Crippen molar-refractivity contribution in [1.29, 1.82) is 0 Å². The normalized spacial score (nSPS) is 10.3. The van der Waals surface area contributed by atoms with E-state index in [2.05, 4.69) is 5.10 Å². The van der Waals surface area contributed by atoms with Gasteiger partial charge in [0.2, 0.25) is 0 Å². The molecule has 148 valence electrons. The second kappa shape index (κ2) is 8.39. The van der Waals surface area contributed by atoms with Gasteiger partial charge in [-0.1, -0.05) is 36.4 Å². The van der Waals surface area contributed by atoms with Gasteiger partial charge in [-0.05, 0) is 18.2 Å². The number of benzene rings is 2. The highest BCUT2D eigenvalue weighted by molar-refractivity contribution is 6.08. The number of para-hydroxylation sites is 1. The van der Waals surface area contributed by atoms with Gasteiger partial charge < -0.3 is 14.2 Å². The maximum atomic E-state index is 12.6. The Morgan fingerprint density at radius 3 is 1.97 bits per heavy atom. The first-order valence-electron chi connectivity index (χ1n) is 8.56. The number of nitrogens with zero attached hydrogens (tertiary/aromatic N) is 2. The summed E-state index contributed by atoms with van der Waals surface area (Å²) in [6, 6.07) is 15.3. The molecule has 0 saturated carbocycles. The minimum Gasteiger partial charge on any atom is -0.465 e. The van der Waals surface area contributed by atoms with E-state index in [0.717, 1.165) is 0 Å². The van der Waals surface area contributed by atoms with Crippen molar-refractivity contribution >= 4 is 17.9 Å². The fraction of sp³-hybridized carbons (Fsp3) is 0.143. The number of methoxy groups -OCH3 is 3. The van der Waals surface area contributed by atoms with Gasteiger partial charge in [-0.2, -0.15) is 5.10 Å². The van der Waals surface area contributed by atoms with Crippen LogP contribution in [0.4, 0.5) is 0 Å². The van der Waals surface area contributed by atoms with Crippen LogP contribution in [0, 0.1) is 0 Å². The van der Waals surface area contributed by atoms with E-state index in [1.54, 1.807) is 54.6 Å². The minimum atomic E-state index is -0.790. The summed E-state index contributed by atoms with van der Waals surface area (Å²) in [5.41, 5.74) is 0.913. The lowest BCUT2D eigenvalue weighted by molar-refractivity contribution is 0.0549. The van der Waals surface area contributed by atoms with Crippen molar-refractivity contribution in [1.82, 2.24) is 9.78 Å². The van der Waals surface area contributed by atoms with Crippen LogP contribution in [0.2, 0.25) is 0 Å². The number of hydrogen-bond donors (Lipinski definition) is 0. The molecule has 3 aromatic rings. The van der Waals surface area contributed by atoms with Crippen molar-refractivity contribution < 1.29 is 28.6 Å². The van der Waals surface area contributed by atoms with Gasteiger partial charge in [0.05, 0.1) is 32.6 Å². The standard InChI is InChI=1S/C21H18N2O6/c1-27-19(24)15-12-8-7-11-14(15)17-16(20(25)28-2)18(21(26)29-3)23(22-17)13-9-5-4-6-10-13/h4-12H,1-3H3. The SMILES string of the molecule is COC(=O)c1ccccc1-c1nn(-c2ccccc2)c(C(=O)OC)c1C(=O)OC. The van der Waals surface area contributed by atoms with Gasteiger partial charge >= 0.3 is 17.9 Å². The average Bonchev–Trinajstić information content (AvgIpc) is 3.18. The molecule has 1 heterocycles. The average molecular weight is 394 g/mol. The van der Waals surface area contributed by atoms with Crippen LogP contribution in [-0.2, 0) is 14.2 Å². The summed E-state index contributed by atoms with van der Waals surface area (Å²) >= 11 is 0. The number of carbonyl (C=O) groups excluding carboxylic acids is 3. The second-order valence-corrected chi connectivity index (χ2v) is 5.84. The smallest absolute Gasteiger partial charge is 0.357 e. The van der Waals surface area contributed by atoms with E-state index in [1.807, 2.05) is 0 Å². The third-order valence-electron chi connectivity index (χ3n) is 4.24. The summed E-state index contributed by atoms with van der Waals surface area (Å²) in [5, 5.41) is 4.47. The van der Waals surface area contributed by atoms with Crippen LogP contribution in [-0.4, -0.2) is 49.0 Å². The first-order chi connectivity index (χ1) is 14.0. The summed E-state index contributed by atoms with van der Waals surface area (Å²) in [6.45, 7) is 0. The molecule has 0 fully saturated rings. The molecular weight excluding hydrogens is 376 g/mol. The zero-order valence-corrected chi connectivity index (χ0v) is 16.0. The monoisotopic (exact) mass is 394 g/mol. The molecular formula is C21H18N2O6. The molecule has 8 heteroatoms. The predicted octanol–water partition coefficient (Wildman–Crippen LogP) is 2.90. The number of ether oxygens (including phenoxy) is 3. The third-order valence-corrected chi connectivity index (χ3v) is 4.24. The second-order valence-electron chi connectivity index (χ2n) is 5.84. The molecule has 3 rings (SSSR count). The van der Waals surface area contributed by atoms with Gasteiger partial charge in [0, 0.05) is 5.56 Å². The summed E-state index contributed by atoms with van der Waals surface area (Å²) < 4.78 is 15.9. The van der Waals surface area contributed by atoms with Gasteiger partial charge in [-0.3, -0.25) is 0 Å². The quantitative estimate of drug-likeness (QED) is 0.485. The maximum Gasteiger partial charge on any atom is 0.357 e. The first-order valence-corrected chi connectivity index (χ1v) is 8.56. The van der Waals surface area contributed by atoms with Crippen molar-refractivity contribution in [2.45, 2.75) is 0 Å². The molecule has 0 saturated heterocycles. The van der Waals surface area contributed by atoms with Crippen molar-refractivity contribution in [3.63, 3.8) is 0 Å². The lowest BCUT2D eigenvalue weighted by Crippen LogP contribution is -2.15. The molecule has 0 aliphatic heterocycles. The lowest BCUT2D eigenvalue weighted by atomic mass is 10.0. The Morgan fingerprint density at radius 1 is 0.759 bits per heavy atom. The molecule has 0 radical (unpaired) electrons. The highest BCUT2D eigenvalue weighted by atomic mass is 16.5. The van der Waals surface area contributed by atoms with Gasteiger partial charge in [0.15, 0.2) is 5.69 Å². The maximum absolute atomic E-state index is 12.6. The number of esters is 3. The molecule has 0 amide bonds. The van der Waals surface area contributed by atoms with Crippen molar-refractivity contribution in [3.05, 3.63) is 71.4 Å². The van der Waals surface area contributed by atoms with Crippen LogP contribution in [0.1, 0.15) is 31.2 Å². The number of aromatic nitrogens is 2. The van der Waals surface area contributed by atoms with Gasteiger partial charge in [-0.15, -0.1) is 0 Å². The lowest BCUT2D eigenvalue weighted by Gasteiger charge is -2.07. The highest BCUT2D eigenvalue weighted by Crippen LogP contribution is 2.31. The van der Waals surface area contributed by atoms with E-state index in [4.69, 9.17) is 14.2 Å². The zero-order valence-electron chi connectivity index (χ0n) is 16.0. The summed E-state index contributed by atoms with van der Waals surface area (Å²) in [5.74, 6) is -2.17. The van der Waals surface area contributed by atoms with Crippen molar-refractivity contribution in [3.8, 4) is 16.9 Å². The highest BCUT2D eigenvalue weighted by Gasteiger charge is 2.32. The van der Waals surface area contributed by atoms with Crippen molar-refractivity contribution in [2.75, 3.05) is 21.3 Å². The van der Waals surface area contributed by atoms with E-state index >= 15 is 0 Å². The number of carbonyl (C=O) groups is 3. The molecule has 29 heavy (non-hydrogen) atoms. The molecule has 0 atom stereocenters. The summed E-state index contributed by atoms with van der Waals surface area (Å²) in [4.78, 5) is 37.5. The molecule has 1 aromatic heterocycles. The van der Waals surface area contributed by atoms with Crippen LogP contribution < -0.4 is 0 Å². The Balaban J connectivity index is 2.40. The third kappa shape index (κ3) is 3.60. The van der Waals surface area contributed by atoms with E-state index < -0.39 is 17.9 Å². The van der Waals surface area contributed by atoms with Crippen molar-refractivity contribution in [2.24, 2.45) is 0 Å². The molecule has 0 aliphatic carbocycles. The number of hydrogen-bond acceptors (Lipinski definition) is 7. The molecule has 0 bridgehead atoms. The molecule has 8 nitrogen and oxygen atoms in total. The Hall–Kier alpha value is -3.94. The van der Waals surface area contributed by atoms with E-state index in [0.29, 0.717) is 11.3 Å². The molecule has 0 aliphatic rings. The van der Waals surface area contributed by atoms with E-state index in [-0.39, 0.29) is 22.5 Å². The predicted molar refractivity (Wildman–Crippen MR) is 103 cm³/mol. The first kappa shape index (κ1) is 19.8. The Bertz CT molecular complexity index is 1070. The molecule has 0 unspecified atom stereocenters. The van der Waals surface area contributed by atoms with Gasteiger partial charge in [0.1, 0.15) is 11.3 Å². The molecule has 0 N–H and O–H groups in total. The molecule has 2 aromatic carbocycles. The summed E-state index contributed by atoms with van der Waals surface area (Å²) in [6.07, 6.45) is 0. The van der Waals surface area contributed by atoms with E-state index in [1.165, 1.54) is 26.0 Å². The molecule has 0 spiro atoms. The van der Waals surface area contributed by atoms with Gasteiger partial charge in [0.25, 0.3) is 0 Å². The fourth-order valence-electron chi connectivity index (χ4n) is 2.92. The van der Waals surface area contributed by atoms with Crippen LogP contribution in [0.15, 0.2) is 54.6 Å². The van der Waals surface area contributed by atoms with Crippen LogP contribution in [0.5, 0.6) is 0 Å². The minimum absolute atomic E-state index is 0.0992. The van der Waals surface area contributed by atoms with Gasteiger partial charge in [-0.25, -0.2) is 19.1 Å². The Morgan fingerprint density at radius 2 is 1.34 bits per heavy atom. The number of rotatable bonds is 5.